The van der Waals surface area contributed by atoms with Crippen molar-refractivity contribution < 1.29 is 17.5 Å². The van der Waals surface area contributed by atoms with Crippen molar-refractivity contribution >= 4 is 32.8 Å². The molecule has 0 aromatic heterocycles. The minimum atomic E-state index is -4.27. The number of hydrogen-bond donors (Lipinski definition) is 1. The van der Waals surface area contributed by atoms with Gasteiger partial charge in [0.2, 0.25) is 0 Å². The van der Waals surface area contributed by atoms with Crippen molar-refractivity contribution in [1.29, 1.82) is 0 Å². The van der Waals surface area contributed by atoms with E-state index < -0.39 is 10.1 Å². The number of rotatable bonds is 13. The molecule has 0 radical (unpaired) electrons. The lowest BCUT2D eigenvalue weighted by molar-refractivity contribution is -0.519. The highest BCUT2D eigenvalue weighted by Gasteiger charge is 2.20. The van der Waals surface area contributed by atoms with Crippen molar-refractivity contribution in [1.82, 2.24) is 0 Å². The molecular weight excluding hydrogens is 639 g/mol. The Bertz CT molecular complexity index is 2040. The smallest absolute Gasteiger partial charge is 0.294 e. The molecule has 5 rings (SSSR count). The van der Waals surface area contributed by atoms with Crippen LogP contribution in [0, 0.1) is 13.8 Å². The Labute approximate surface area is 299 Å². The molecule has 1 aliphatic carbocycles. The van der Waals surface area contributed by atoms with Crippen molar-refractivity contribution in [2.75, 3.05) is 36.0 Å². The first-order chi connectivity index (χ1) is 24.1. The maximum absolute atomic E-state index is 11.8. The fourth-order valence-corrected chi connectivity index (χ4v) is 7.28. The average Bonchev–Trinajstić information content (AvgIpc) is 3.12. The first kappa shape index (κ1) is 36.6. The van der Waals surface area contributed by atoms with E-state index in [0.717, 1.165) is 49.5 Å². The van der Waals surface area contributed by atoms with Gasteiger partial charge in [-0.2, -0.15) is 8.42 Å². The van der Waals surface area contributed by atoms with Gasteiger partial charge in [0.25, 0.3) is 10.1 Å². The van der Waals surface area contributed by atoms with Crippen LogP contribution < -0.4 is 9.80 Å². The molecule has 50 heavy (non-hydrogen) atoms. The Morgan fingerprint density at radius 3 is 1.64 bits per heavy atom. The van der Waals surface area contributed by atoms with Gasteiger partial charge in [-0.05, 0) is 135 Å². The standard InChI is InChI=1S/C43H49N3O3S/c1-7-44(8-2)37-21-19-36(20-22-37)43(41-25-23-38(27-32(41)5)45(9-3)30-34-15-12-11-13-16-34)42-26-24-39(28-33(42)6)46(10-4)31-35-17-14-18-40(29-35)50(47,48)49/h11-29H,7-10,30-31H2,1-6H3/p+1. The highest BCUT2D eigenvalue weighted by Crippen LogP contribution is 2.36. The monoisotopic (exact) mass is 688 g/mol. The summed E-state index contributed by atoms with van der Waals surface area (Å²) in [4.78, 5) is 4.53. The normalized spacial score (nSPS) is 12.7. The second kappa shape index (κ2) is 16.3. The summed E-state index contributed by atoms with van der Waals surface area (Å²) in [7, 11) is -4.27. The maximum atomic E-state index is 11.8. The van der Waals surface area contributed by atoms with Crippen molar-refractivity contribution in [3.63, 3.8) is 0 Å². The van der Waals surface area contributed by atoms with Gasteiger partial charge in [0.05, 0.1) is 4.90 Å². The van der Waals surface area contributed by atoms with E-state index >= 15 is 0 Å². The molecule has 6 nitrogen and oxygen atoms in total. The maximum Gasteiger partial charge on any atom is 0.294 e. The molecule has 0 amide bonds. The Balaban J connectivity index is 1.55. The van der Waals surface area contributed by atoms with Crippen LogP contribution in [0.15, 0.2) is 126 Å². The van der Waals surface area contributed by atoms with Crippen LogP contribution in [0.1, 0.15) is 61.1 Å². The molecule has 0 bridgehead atoms. The van der Waals surface area contributed by atoms with Crippen LogP contribution in [0.5, 0.6) is 0 Å². The molecule has 7 heteroatoms. The molecular formula is C43H50N3O3S+. The number of nitrogens with zero attached hydrogens (tertiary/aromatic N) is 3. The summed E-state index contributed by atoms with van der Waals surface area (Å²) >= 11 is 0. The third-order valence-corrected chi connectivity index (χ3v) is 10.4. The zero-order valence-electron chi connectivity index (χ0n) is 30.2. The summed E-state index contributed by atoms with van der Waals surface area (Å²) in [5.41, 5.74) is 12.7. The van der Waals surface area contributed by atoms with Gasteiger partial charge in [-0.3, -0.25) is 4.55 Å². The minimum absolute atomic E-state index is 0.0904. The number of anilines is 2. The van der Waals surface area contributed by atoms with E-state index in [-0.39, 0.29) is 4.90 Å². The lowest BCUT2D eigenvalue weighted by Gasteiger charge is -2.26. The Hall–Kier alpha value is -4.72. The van der Waals surface area contributed by atoms with Crippen molar-refractivity contribution in [2.24, 2.45) is 0 Å². The van der Waals surface area contributed by atoms with Crippen LogP contribution in [-0.2, 0) is 23.2 Å². The number of benzene rings is 4. The molecule has 0 spiro atoms. The molecule has 4 aromatic rings. The molecule has 0 heterocycles. The van der Waals surface area contributed by atoms with Crippen LogP contribution >= 0.6 is 0 Å². The van der Waals surface area contributed by atoms with E-state index in [1.54, 1.807) is 12.1 Å². The third kappa shape index (κ3) is 8.52. The first-order valence-corrected chi connectivity index (χ1v) is 19.0. The van der Waals surface area contributed by atoms with Crippen LogP contribution in [0.2, 0.25) is 0 Å². The highest BCUT2D eigenvalue weighted by atomic mass is 32.2. The number of allylic oxidation sites excluding steroid dienone is 5. The van der Waals surface area contributed by atoms with Gasteiger partial charge >= 0.3 is 0 Å². The summed E-state index contributed by atoms with van der Waals surface area (Å²) in [6.45, 7) is 18.0. The third-order valence-electron chi connectivity index (χ3n) is 9.52. The zero-order chi connectivity index (χ0) is 35.8. The van der Waals surface area contributed by atoms with Crippen molar-refractivity contribution in [2.45, 2.75) is 59.5 Å². The van der Waals surface area contributed by atoms with Crippen molar-refractivity contribution in [3.05, 3.63) is 154 Å². The molecule has 260 valence electrons. The Kier molecular flexibility index (Phi) is 11.9. The van der Waals surface area contributed by atoms with Crippen molar-refractivity contribution in [3.8, 4) is 0 Å². The predicted octanol–water partition coefficient (Wildman–Crippen LogP) is 9.02. The average molecular weight is 689 g/mol. The molecule has 0 fully saturated rings. The van der Waals surface area contributed by atoms with Gasteiger partial charge in [-0.15, -0.1) is 0 Å². The summed E-state index contributed by atoms with van der Waals surface area (Å²) in [6.07, 6.45) is 8.96. The first-order valence-electron chi connectivity index (χ1n) is 17.6. The SMILES string of the molecule is CCN(Cc1ccccc1)c1ccc(C(=C2C=CC(=[N+](CC)CC)C=C2)c2ccc(N(CC)Cc3cccc(S(=O)(=O)O)c3)cc2C)c(C)c1. The minimum Gasteiger partial charge on any atom is -0.367 e. The molecule has 0 aliphatic heterocycles. The van der Waals surface area contributed by atoms with Crippen LogP contribution in [0.25, 0.3) is 5.57 Å². The predicted molar refractivity (Wildman–Crippen MR) is 209 cm³/mol. The highest BCUT2D eigenvalue weighted by molar-refractivity contribution is 7.85. The van der Waals surface area contributed by atoms with Crippen LogP contribution in [0.3, 0.4) is 0 Å². The lowest BCUT2D eigenvalue weighted by Crippen LogP contribution is -2.22. The molecule has 1 N–H and O–H groups in total. The Morgan fingerprint density at radius 2 is 1.16 bits per heavy atom. The summed E-state index contributed by atoms with van der Waals surface area (Å²) in [5, 5.41) is 0. The van der Waals surface area contributed by atoms with E-state index in [0.29, 0.717) is 6.54 Å². The molecule has 0 unspecified atom stereocenters. The summed E-state index contributed by atoms with van der Waals surface area (Å²) in [5.74, 6) is 0. The van der Waals surface area contributed by atoms with E-state index in [4.69, 9.17) is 0 Å². The summed E-state index contributed by atoms with van der Waals surface area (Å²) < 4.78 is 35.5. The van der Waals surface area contributed by atoms with Crippen LogP contribution in [0.4, 0.5) is 11.4 Å². The topological polar surface area (TPSA) is 63.9 Å². The van der Waals surface area contributed by atoms with Gasteiger partial charge in [0, 0.05) is 49.7 Å². The number of aryl methyl sites for hydroxylation is 2. The fraction of sp³-hybridized carbons (Fsp3) is 0.279. The molecule has 0 saturated carbocycles. The van der Waals surface area contributed by atoms with E-state index in [9.17, 15) is 13.0 Å². The van der Waals surface area contributed by atoms with Gasteiger partial charge in [0.1, 0.15) is 13.1 Å². The van der Waals surface area contributed by atoms with Crippen LogP contribution in [-0.4, -0.2) is 49.4 Å². The Morgan fingerprint density at radius 1 is 0.640 bits per heavy atom. The summed E-state index contributed by atoms with van der Waals surface area (Å²) in [6, 6.07) is 30.6. The second-order valence-corrected chi connectivity index (χ2v) is 14.2. The fourth-order valence-electron chi connectivity index (χ4n) is 6.73. The van der Waals surface area contributed by atoms with E-state index in [2.05, 4.69) is 147 Å². The van der Waals surface area contributed by atoms with Gasteiger partial charge in [-0.25, -0.2) is 4.58 Å². The van der Waals surface area contributed by atoms with Gasteiger partial charge < -0.3 is 9.80 Å². The van der Waals surface area contributed by atoms with Gasteiger partial charge in [0.15, 0.2) is 5.71 Å². The van der Waals surface area contributed by atoms with E-state index in [1.807, 2.05) is 6.07 Å². The lowest BCUT2D eigenvalue weighted by atomic mass is 9.86. The zero-order valence-corrected chi connectivity index (χ0v) is 31.0. The molecule has 1 aliphatic rings. The van der Waals surface area contributed by atoms with E-state index in [1.165, 1.54) is 50.9 Å². The largest absolute Gasteiger partial charge is 0.367 e. The van der Waals surface area contributed by atoms with Gasteiger partial charge in [-0.1, -0.05) is 54.6 Å². The quantitative estimate of drug-likeness (QED) is 0.112. The molecule has 0 atom stereocenters. The second-order valence-electron chi connectivity index (χ2n) is 12.7. The molecule has 4 aromatic carbocycles. The number of hydrogen-bond acceptors (Lipinski definition) is 4. The molecule has 0 saturated heterocycles.